The second-order valence-electron chi connectivity index (χ2n) is 12.1. The van der Waals surface area contributed by atoms with Crippen molar-refractivity contribution in [2.45, 2.75) is 70.8 Å². The van der Waals surface area contributed by atoms with E-state index in [9.17, 15) is 5.11 Å². The lowest BCUT2D eigenvalue weighted by Gasteiger charge is -2.61. The topological polar surface area (TPSA) is 50.4 Å². The monoisotopic (exact) mass is 441 g/mol. The SMILES string of the molecule is C=C[C@]1(O)CCC2C3CCC4Cc5nc6nc7ccccc7n6cc5C[C@]4(C)C3CC[C@@]21C. The maximum atomic E-state index is 11.4. The summed E-state index contributed by atoms with van der Waals surface area (Å²) < 4.78 is 2.21. The largest absolute Gasteiger partial charge is 0.385 e. The Morgan fingerprint density at radius 3 is 2.73 bits per heavy atom. The van der Waals surface area contributed by atoms with Crippen LogP contribution in [0.3, 0.4) is 0 Å². The predicted octanol–water partition coefficient (Wildman–Crippen LogP) is 5.76. The third kappa shape index (κ3) is 2.46. The first kappa shape index (κ1) is 20.2. The van der Waals surface area contributed by atoms with Crippen LogP contribution in [0.5, 0.6) is 0 Å². The van der Waals surface area contributed by atoms with Crippen molar-refractivity contribution in [2.24, 2.45) is 34.5 Å². The highest BCUT2D eigenvalue weighted by Gasteiger charge is 2.63. The molecule has 2 aromatic heterocycles. The van der Waals surface area contributed by atoms with Crippen molar-refractivity contribution in [3.05, 3.63) is 54.4 Å². The van der Waals surface area contributed by atoms with Crippen molar-refractivity contribution < 1.29 is 5.11 Å². The van der Waals surface area contributed by atoms with Gasteiger partial charge in [0.2, 0.25) is 5.78 Å². The molecule has 3 aromatic rings. The van der Waals surface area contributed by atoms with Crippen LogP contribution in [0.15, 0.2) is 43.1 Å². The van der Waals surface area contributed by atoms with E-state index < -0.39 is 5.60 Å². The van der Waals surface area contributed by atoms with Crippen LogP contribution in [0, 0.1) is 34.5 Å². The summed E-state index contributed by atoms with van der Waals surface area (Å²) in [5, 5.41) is 11.4. The van der Waals surface area contributed by atoms with Gasteiger partial charge in [0.15, 0.2) is 0 Å². The van der Waals surface area contributed by atoms with Gasteiger partial charge in [-0.3, -0.25) is 4.40 Å². The number of benzene rings is 1. The van der Waals surface area contributed by atoms with Gasteiger partial charge < -0.3 is 5.11 Å². The molecule has 3 saturated carbocycles. The normalized spacial score (nSPS) is 41.9. The third-order valence-corrected chi connectivity index (χ3v) is 11.1. The van der Waals surface area contributed by atoms with E-state index in [1.54, 1.807) is 0 Å². The van der Waals surface area contributed by atoms with E-state index in [-0.39, 0.29) is 5.41 Å². The quantitative estimate of drug-likeness (QED) is 0.489. The van der Waals surface area contributed by atoms with Crippen LogP contribution in [0.1, 0.15) is 63.6 Å². The molecule has 4 nitrogen and oxygen atoms in total. The van der Waals surface area contributed by atoms with E-state index in [2.05, 4.69) is 55.3 Å². The highest BCUT2D eigenvalue weighted by atomic mass is 16.3. The van der Waals surface area contributed by atoms with Crippen molar-refractivity contribution in [3.63, 3.8) is 0 Å². The lowest BCUT2D eigenvalue weighted by atomic mass is 9.44. The Kier molecular flexibility index (Phi) is 3.96. The number of hydrogen-bond acceptors (Lipinski definition) is 3. The molecule has 1 N–H and O–H groups in total. The van der Waals surface area contributed by atoms with E-state index >= 15 is 0 Å². The smallest absolute Gasteiger partial charge is 0.235 e. The summed E-state index contributed by atoms with van der Waals surface area (Å²) in [6.45, 7) is 8.98. The molecule has 0 bridgehead atoms. The van der Waals surface area contributed by atoms with Crippen molar-refractivity contribution >= 4 is 16.8 Å². The average Bonchev–Trinajstić information content (AvgIpc) is 3.30. The molecule has 0 radical (unpaired) electrons. The fourth-order valence-electron chi connectivity index (χ4n) is 9.16. The number of nitrogens with zero attached hydrogens (tertiary/aromatic N) is 3. The summed E-state index contributed by atoms with van der Waals surface area (Å²) in [4.78, 5) is 9.88. The Morgan fingerprint density at radius 2 is 1.88 bits per heavy atom. The van der Waals surface area contributed by atoms with Gasteiger partial charge in [-0.2, -0.15) is 0 Å². The minimum absolute atomic E-state index is 0.00483. The van der Waals surface area contributed by atoms with Crippen molar-refractivity contribution in [3.8, 4) is 0 Å². The van der Waals surface area contributed by atoms with Crippen LogP contribution in [-0.4, -0.2) is 25.1 Å². The number of aliphatic hydroxyl groups is 1. The average molecular weight is 442 g/mol. The summed E-state index contributed by atoms with van der Waals surface area (Å²) in [6.07, 6.45) is 13.4. The molecule has 3 fully saturated rings. The zero-order chi connectivity index (χ0) is 22.6. The van der Waals surface area contributed by atoms with Gasteiger partial charge in [-0.05, 0) is 98.1 Å². The van der Waals surface area contributed by atoms with Gasteiger partial charge >= 0.3 is 0 Å². The zero-order valence-corrected chi connectivity index (χ0v) is 19.9. The predicted molar refractivity (Wildman–Crippen MR) is 131 cm³/mol. The number of para-hydroxylation sites is 2. The maximum Gasteiger partial charge on any atom is 0.235 e. The Hall–Kier alpha value is -2.20. The van der Waals surface area contributed by atoms with E-state index in [1.165, 1.54) is 30.5 Å². The lowest BCUT2D eigenvalue weighted by molar-refractivity contribution is -0.130. The van der Waals surface area contributed by atoms with Crippen LogP contribution in [0.2, 0.25) is 0 Å². The van der Waals surface area contributed by atoms with Crippen LogP contribution in [0.4, 0.5) is 0 Å². The van der Waals surface area contributed by atoms with Crippen molar-refractivity contribution in [2.75, 3.05) is 0 Å². The highest BCUT2D eigenvalue weighted by Crippen LogP contribution is 2.67. The molecule has 4 heteroatoms. The van der Waals surface area contributed by atoms with E-state index in [0.29, 0.717) is 17.3 Å². The van der Waals surface area contributed by atoms with E-state index in [4.69, 9.17) is 9.97 Å². The summed E-state index contributed by atoms with van der Waals surface area (Å²) in [5.41, 5.74) is 4.51. The fourth-order valence-corrected chi connectivity index (χ4v) is 9.16. The molecule has 4 aliphatic carbocycles. The number of aromatic nitrogens is 3. The first-order chi connectivity index (χ1) is 15.9. The van der Waals surface area contributed by atoms with Crippen LogP contribution < -0.4 is 0 Å². The van der Waals surface area contributed by atoms with Crippen LogP contribution >= 0.6 is 0 Å². The molecule has 0 amide bonds. The van der Waals surface area contributed by atoms with Gasteiger partial charge in [-0.15, -0.1) is 6.58 Å². The molecule has 7 atom stereocenters. The highest BCUT2D eigenvalue weighted by molar-refractivity contribution is 5.79. The van der Waals surface area contributed by atoms with Crippen molar-refractivity contribution in [1.82, 2.24) is 14.4 Å². The maximum absolute atomic E-state index is 11.4. The Labute approximate surface area is 196 Å². The van der Waals surface area contributed by atoms with Gasteiger partial charge in [0.05, 0.1) is 16.6 Å². The lowest BCUT2D eigenvalue weighted by Crippen LogP contribution is -2.56. The van der Waals surface area contributed by atoms with Crippen LogP contribution in [-0.2, 0) is 12.8 Å². The molecular formula is C29H35N3O. The van der Waals surface area contributed by atoms with Gasteiger partial charge in [0.1, 0.15) is 0 Å². The number of rotatable bonds is 1. The number of fused-ring (bicyclic) bond motifs is 9. The Bertz CT molecular complexity index is 1290. The van der Waals surface area contributed by atoms with Crippen LogP contribution in [0.25, 0.3) is 16.8 Å². The Balaban J connectivity index is 1.28. The second kappa shape index (κ2) is 6.47. The summed E-state index contributed by atoms with van der Waals surface area (Å²) in [7, 11) is 0. The summed E-state index contributed by atoms with van der Waals surface area (Å²) >= 11 is 0. The molecule has 2 heterocycles. The zero-order valence-electron chi connectivity index (χ0n) is 19.9. The minimum Gasteiger partial charge on any atom is -0.385 e. The van der Waals surface area contributed by atoms with Gasteiger partial charge in [-0.1, -0.05) is 32.1 Å². The Morgan fingerprint density at radius 1 is 1.06 bits per heavy atom. The molecule has 172 valence electrons. The molecule has 33 heavy (non-hydrogen) atoms. The van der Waals surface area contributed by atoms with Gasteiger partial charge in [0, 0.05) is 17.3 Å². The molecule has 0 saturated heterocycles. The molecule has 0 aliphatic heterocycles. The van der Waals surface area contributed by atoms with Crippen molar-refractivity contribution in [1.29, 1.82) is 0 Å². The summed E-state index contributed by atoms with van der Waals surface area (Å²) in [6, 6.07) is 8.37. The minimum atomic E-state index is -0.683. The summed E-state index contributed by atoms with van der Waals surface area (Å²) in [5.74, 6) is 3.64. The molecular weight excluding hydrogens is 406 g/mol. The molecule has 0 spiro atoms. The first-order valence-corrected chi connectivity index (χ1v) is 13.0. The second-order valence-corrected chi connectivity index (χ2v) is 12.1. The molecule has 4 unspecified atom stereocenters. The van der Waals surface area contributed by atoms with E-state index in [1.807, 2.05) is 6.08 Å². The van der Waals surface area contributed by atoms with E-state index in [0.717, 1.165) is 60.8 Å². The van der Waals surface area contributed by atoms with Gasteiger partial charge in [0.25, 0.3) is 0 Å². The molecule has 4 aliphatic rings. The van der Waals surface area contributed by atoms with Gasteiger partial charge in [-0.25, -0.2) is 9.97 Å². The third-order valence-electron chi connectivity index (χ3n) is 11.1. The fraction of sp³-hybridized carbons (Fsp3) is 0.586. The molecule has 1 aromatic carbocycles. The first-order valence-electron chi connectivity index (χ1n) is 13.0. The molecule has 7 rings (SSSR count). The number of hydrogen-bond donors (Lipinski definition) is 1. The number of imidazole rings is 1. The standard InChI is InChI=1S/C29H35N3O/c1-4-29(33)14-12-22-20-10-9-19-15-24-18(16-27(19,2)21(20)11-13-28(22,29)3)17-32-25-8-6-5-7-23(25)30-26(32)31-24/h4-8,17,19-22,33H,1,9-16H2,2-3H3/t19?,20?,21?,22?,27-,28-,29-/m0/s1.